The van der Waals surface area contributed by atoms with Gasteiger partial charge in [-0.1, -0.05) is 30.3 Å². The average molecular weight is 353 g/mol. The number of aliphatic hydroxyl groups excluding tert-OH is 2. The number of aliphatic hydroxyl groups is 2. The number of fused-ring (bicyclic) bond motifs is 1. The minimum absolute atomic E-state index is 0.127. The van der Waals surface area contributed by atoms with Gasteiger partial charge in [-0.3, -0.25) is 0 Å². The average Bonchev–Trinajstić information content (AvgIpc) is 3.04. The largest absolute Gasteiger partial charge is 0.445 e. The molecule has 2 saturated heterocycles. The standard InChI is InChI=1S/C17H23NO7/c1-17(2)24-14-12(20)13(23-15(14)25-17)11(19)8-18-16(21)22-9-10-6-4-3-5-7-10/h3-7,11-15,19-20H,8-9H2,1-2H3,(H,18,21)/t11-,12+,13-,14-,15-/m1/s1. The summed E-state index contributed by atoms with van der Waals surface area (Å²) in [4.78, 5) is 11.7. The molecule has 2 fully saturated rings. The third kappa shape index (κ3) is 4.28. The van der Waals surface area contributed by atoms with Crippen molar-refractivity contribution in [1.82, 2.24) is 5.32 Å². The van der Waals surface area contributed by atoms with Gasteiger partial charge in [0.15, 0.2) is 12.1 Å². The molecular formula is C17H23NO7. The molecule has 1 aromatic carbocycles. The van der Waals surface area contributed by atoms with Crippen molar-refractivity contribution >= 4 is 6.09 Å². The highest BCUT2D eigenvalue weighted by molar-refractivity contribution is 5.67. The van der Waals surface area contributed by atoms with E-state index in [1.807, 2.05) is 30.3 Å². The van der Waals surface area contributed by atoms with Gasteiger partial charge in [-0.05, 0) is 19.4 Å². The van der Waals surface area contributed by atoms with Crippen LogP contribution in [0.5, 0.6) is 0 Å². The Morgan fingerprint density at radius 2 is 2.04 bits per heavy atom. The molecule has 8 nitrogen and oxygen atoms in total. The normalized spacial score (nSPS) is 31.4. The van der Waals surface area contributed by atoms with Gasteiger partial charge in [-0.25, -0.2) is 4.79 Å². The van der Waals surface area contributed by atoms with Crippen LogP contribution in [-0.4, -0.2) is 59.3 Å². The Morgan fingerprint density at radius 3 is 2.72 bits per heavy atom. The number of carbonyl (C=O) groups is 1. The second-order valence-electron chi connectivity index (χ2n) is 6.57. The molecule has 0 unspecified atom stereocenters. The number of nitrogens with one attached hydrogen (secondary N) is 1. The third-order valence-electron chi connectivity index (χ3n) is 4.10. The molecule has 8 heteroatoms. The van der Waals surface area contributed by atoms with Crippen molar-refractivity contribution in [3.05, 3.63) is 35.9 Å². The molecule has 0 radical (unpaired) electrons. The Kier molecular flexibility index (Phi) is 5.26. The van der Waals surface area contributed by atoms with Gasteiger partial charge in [-0.15, -0.1) is 0 Å². The Bertz CT molecular complexity index is 594. The van der Waals surface area contributed by atoms with Crippen molar-refractivity contribution in [2.45, 2.75) is 56.9 Å². The Morgan fingerprint density at radius 1 is 1.32 bits per heavy atom. The number of amides is 1. The van der Waals surface area contributed by atoms with Crippen LogP contribution in [0.4, 0.5) is 4.79 Å². The molecular weight excluding hydrogens is 330 g/mol. The van der Waals surface area contributed by atoms with E-state index < -0.39 is 42.6 Å². The molecule has 1 amide bonds. The van der Waals surface area contributed by atoms with Crippen LogP contribution >= 0.6 is 0 Å². The van der Waals surface area contributed by atoms with Crippen LogP contribution in [0, 0.1) is 0 Å². The number of rotatable bonds is 5. The second kappa shape index (κ2) is 7.27. The molecule has 1 aromatic rings. The van der Waals surface area contributed by atoms with E-state index in [4.69, 9.17) is 18.9 Å². The predicted molar refractivity (Wildman–Crippen MR) is 85.3 cm³/mol. The van der Waals surface area contributed by atoms with E-state index >= 15 is 0 Å². The van der Waals surface area contributed by atoms with Crippen LogP contribution in [0.1, 0.15) is 19.4 Å². The molecule has 2 aliphatic rings. The fourth-order valence-corrected chi connectivity index (χ4v) is 2.91. The van der Waals surface area contributed by atoms with Crippen LogP contribution in [0.15, 0.2) is 30.3 Å². The topological polar surface area (TPSA) is 106 Å². The van der Waals surface area contributed by atoms with Gasteiger partial charge in [0, 0.05) is 6.54 Å². The van der Waals surface area contributed by atoms with Gasteiger partial charge in [-0.2, -0.15) is 0 Å². The van der Waals surface area contributed by atoms with Crippen molar-refractivity contribution in [2.24, 2.45) is 0 Å². The molecule has 0 aromatic heterocycles. The first-order chi connectivity index (χ1) is 11.9. The van der Waals surface area contributed by atoms with E-state index in [0.29, 0.717) is 0 Å². The van der Waals surface area contributed by atoms with Crippen molar-refractivity contribution < 1.29 is 34.0 Å². The summed E-state index contributed by atoms with van der Waals surface area (Å²) in [5, 5.41) is 22.9. The van der Waals surface area contributed by atoms with E-state index in [1.165, 1.54) is 0 Å². The summed E-state index contributed by atoms with van der Waals surface area (Å²) >= 11 is 0. The van der Waals surface area contributed by atoms with E-state index in [1.54, 1.807) is 13.8 Å². The van der Waals surface area contributed by atoms with Gasteiger partial charge >= 0.3 is 6.09 Å². The monoisotopic (exact) mass is 353 g/mol. The summed E-state index contributed by atoms with van der Waals surface area (Å²) in [6, 6.07) is 9.25. The zero-order valence-electron chi connectivity index (χ0n) is 14.1. The molecule has 138 valence electrons. The zero-order valence-corrected chi connectivity index (χ0v) is 14.1. The minimum atomic E-state index is -1.12. The van der Waals surface area contributed by atoms with Crippen LogP contribution in [0.2, 0.25) is 0 Å². The third-order valence-corrected chi connectivity index (χ3v) is 4.10. The quantitative estimate of drug-likeness (QED) is 0.708. The van der Waals surface area contributed by atoms with E-state index in [-0.39, 0.29) is 13.2 Å². The summed E-state index contributed by atoms with van der Waals surface area (Å²) in [5.41, 5.74) is 0.859. The highest BCUT2D eigenvalue weighted by Gasteiger charge is 2.55. The Hall–Kier alpha value is -1.71. The highest BCUT2D eigenvalue weighted by atomic mass is 16.8. The van der Waals surface area contributed by atoms with Crippen LogP contribution in [0.25, 0.3) is 0 Å². The zero-order chi connectivity index (χ0) is 18.0. The fourth-order valence-electron chi connectivity index (χ4n) is 2.91. The number of hydrogen-bond donors (Lipinski definition) is 3. The fraction of sp³-hybridized carbons (Fsp3) is 0.588. The lowest BCUT2D eigenvalue weighted by Crippen LogP contribution is -2.46. The number of hydrogen-bond acceptors (Lipinski definition) is 7. The van der Waals surface area contributed by atoms with Crippen molar-refractivity contribution in [3.8, 4) is 0 Å². The van der Waals surface area contributed by atoms with E-state index in [0.717, 1.165) is 5.56 Å². The molecule has 0 saturated carbocycles. The summed E-state index contributed by atoms with van der Waals surface area (Å²) in [5.74, 6) is -0.842. The lowest BCUT2D eigenvalue weighted by atomic mass is 10.1. The summed E-state index contributed by atoms with van der Waals surface area (Å²) in [6.07, 6.45) is -5.16. The van der Waals surface area contributed by atoms with Crippen LogP contribution in [-0.2, 0) is 25.6 Å². The predicted octanol–water partition coefficient (Wildman–Crippen LogP) is 0.511. The SMILES string of the molecule is CC1(C)O[C@H]2O[C@H]([C@H](O)CNC(=O)OCc3ccccc3)[C@H](O)[C@H]2O1. The molecule has 0 aliphatic carbocycles. The summed E-state index contributed by atoms with van der Waals surface area (Å²) in [6.45, 7) is 3.44. The van der Waals surface area contributed by atoms with Crippen molar-refractivity contribution in [3.63, 3.8) is 0 Å². The molecule has 3 rings (SSSR count). The number of ether oxygens (including phenoxy) is 4. The molecule has 0 spiro atoms. The maximum absolute atomic E-state index is 11.7. The number of benzene rings is 1. The first-order valence-electron chi connectivity index (χ1n) is 8.17. The number of carbonyl (C=O) groups excluding carboxylic acids is 1. The first-order valence-corrected chi connectivity index (χ1v) is 8.17. The maximum Gasteiger partial charge on any atom is 0.407 e. The molecule has 5 atom stereocenters. The molecule has 2 aliphatic heterocycles. The number of alkyl carbamates (subject to hydrolysis) is 1. The van der Waals surface area contributed by atoms with Crippen LogP contribution < -0.4 is 5.32 Å². The van der Waals surface area contributed by atoms with Gasteiger partial charge in [0.1, 0.15) is 31.0 Å². The minimum Gasteiger partial charge on any atom is -0.445 e. The maximum atomic E-state index is 11.7. The summed E-state index contributed by atoms with van der Waals surface area (Å²) in [7, 11) is 0. The molecule has 0 bridgehead atoms. The lowest BCUT2D eigenvalue weighted by molar-refractivity contribution is -0.225. The van der Waals surface area contributed by atoms with Crippen LogP contribution in [0.3, 0.4) is 0 Å². The lowest BCUT2D eigenvalue weighted by Gasteiger charge is -2.25. The van der Waals surface area contributed by atoms with Crippen molar-refractivity contribution in [2.75, 3.05) is 6.54 Å². The van der Waals surface area contributed by atoms with Gasteiger partial charge < -0.3 is 34.5 Å². The first kappa shape index (κ1) is 18.1. The molecule has 2 heterocycles. The summed E-state index contributed by atoms with van der Waals surface area (Å²) < 4.78 is 21.6. The second-order valence-corrected chi connectivity index (χ2v) is 6.57. The van der Waals surface area contributed by atoms with E-state index in [2.05, 4.69) is 5.32 Å². The van der Waals surface area contributed by atoms with Gasteiger partial charge in [0.25, 0.3) is 0 Å². The highest BCUT2D eigenvalue weighted by Crippen LogP contribution is 2.38. The van der Waals surface area contributed by atoms with E-state index in [9.17, 15) is 15.0 Å². The molecule has 3 N–H and O–H groups in total. The Balaban J connectivity index is 1.42. The Labute approximate surface area is 145 Å². The molecule has 25 heavy (non-hydrogen) atoms. The smallest absolute Gasteiger partial charge is 0.407 e. The van der Waals surface area contributed by atoms with Gasteiger partial charge in [0.2, 0.25) is 0 Å². The van der Waals surface area contributed by atoms with Crippen molar-refractivity contribution in [1.29, 1.82) is 0 Å². The van der Waals surface area contributed by atoms with Gasteiger partial charge in [0.05, 0.1) is 0 Å².